The van der Waals surface area contributed by atoms with E-state index in [1.54, 1.807) is 11.5 Å². The zero-order valence-corrected chi connectivity index (χ0v) is 7.42. The Morgan fingerprint density at radius 3 is 2.42 bits per heavy atom. The van der Waals surface area contributed by atoms with Gasteiger partial charge in [-0.25, -0.2) is 0 Å². The minimum Gasteiger partial charge on any atom is -0.0768 e. The lowest BCUT2D eigenvalue weighted by Gasteiger charge is -2.16. The second-order valence-corrected chi connectivity index (χ2v) is 4.40. The van der Waals surface area contributed by atoms with Gasteiger partial charge in [-0.2, -0.15) is 0 Å². The topological polar surface area (TPSA) is 0 Å². The van der Waals surface area contributed by atoms with Crippen molar-refractivity contribution in [3.05, 3.63) is 29.7 Å². The molecule has 63 valence electrons. The molecule has 0 saturated heterocycles. The molecule has 1 radical (unpaired) electrons. The molecule has 0 atom stereocenters. The summed E-state index contributed by atoms with van der Waals surface area (Å²) in [6.45, 7) is 0. The molecule has 0 heteroatoms. The molecule has 0 amide bonds. The molecular formula is C12H15. The van der Waals surface area contributed by atoms with Crippen molar-refractivity contribution in [2.24, 2.45) is 11.8 Å². The predicted molar refractivity (Wildman–Crippen MR) is 50.5 cm³/mol. The van der Waals surface area contributed by atoms with Crippen LogP contribution in [0.15, 0.2) is 23.8 Å². The third-order valence-electron chi connectivity index (χ3n) is 3.23. The fourth-order valence-corrected chi connectivity index (χ4v) is 2.12. The molecule has 0 aromatic heterocycles. The summed E-state index contributed by atoms with van der Waals surface area (Å²) in [5.74, 6) is 3.67. The van der Waals surface area contributed by atoms with Gasteiger partial charge in [0.05, 0.1) is 0 Å². The lowest BCUT2D eigenvalue weighted by molar-refractivity contribution is 0.773. The Bertz CT molecular complexity index is 239. The average molecular weight is 159 g/mol. The van der Waals surface area contributed by atoms with E-state index in [2.05, 4.69) is 18.2 Å². The number of hydrogen-bond donors (Lipinski definition) is 0. The lowest BCUT2D eigenvalue weighted by atomic mass is 9.88. The van der Waals surface area contributed by atoms with Gasteiger partial charge >= 0.3 is 0 Å². The molecule has 0 N–H and O–H groups in total. The van der Waals surface area contributed by atoms with Gasteiger partial charge in [0, 0.05) is 5.92 Å². The summed E-state index contributed by atoms with van der Waals surface area (Å²) in [6.07, 6.45) is 14.1. The van der Waals surface area contributed by atoms with Gasteiger partial charge < -0.3 is 0 Å². The first-order chi connectivity index (χ1) is 5.93. The van der Waals surface area contributed by atoms with Crippen LogP contribution >= 0.6 is 0 Å². The summed E-state index contributed by atoms with van der Waals surface area (Å²) in [4.78, 5) is 0. The quantitative estimate of drug-likeness (QED) is 0.580. The van der Waals surface area contributed by atoms with Crippen LogP contribution in [0, 0.1) is 17.8 Å². The molecule has 0 spiro atoms. The Labute approximate surface area is 74.4 Å². The van der Waals surface area contributed by atoms with Crippen LogP contribution in [0.25, 0.3) is 0 Å². The molecular weight excluding hydrogens is 144 g/mol. The second kappa shape index (κ2) is 2.48. The minimum absolute atomic E-state index is 0.976. The van der Waals surface area contributed by atoms with Gasteiger partial charge in [-0.3, -0.25) is 0 Å². The molecule has 0 aliphatic heterocycles. The van der Waals surface area contributed by atoms with Crippen molar-refractivity contribution in [1.29, 1.82) is 0 Å². The zero-order chi connectivity index (χ0) is 7.97. The van der Waals surface area contributed by atoms with Crippen molar-refractivity contribution in [3.63, 3.8) is 0 Å². The SMILES string of the molecule is C1=C[C](C2CC2)CC(C2CC2)=C1. The highest BCUT2D eigenvalue weighted by molar-refractivity contribution is 5.35. The molecule has 2 saturated carbocycles. The van der Waals surface area contributed by atoms with Crippen LogP contribution in [0.3, 0.4) is 0 Å². The third kappa shape index (κ3) is 1.24. The van der Waals surface area contributed by atoms with E-state index >= 15 is 0 Å². The maximum absolute atomic E-state index is 2.35. The maximum atomic E-state index is 2.35. The van der Waals surface area contributed by atoms with Gasteiger partial charge in [0.25, 0.3) is 0 Å². The monoisotopic (exact) mass is 159 g/mol. The molecule has 0 unspecified atom stereocenters. The van der Waals surface area contributed by atoms with E-state index in [1.165, 1.54) is 32.1 Å². The maximum Gasteiger partial charge on any atom is 0.00471 e. The highest BCUT2D eigenvalue weighted by atomic mass is 14.4. The first-order valence-corrected chi connectivity index (χ1v) is 5.16. The van der Waals surface area contributed by atoms with E-state index in [4.69, 9.17) is 0 Å². The molecule has 12 heavy (non-hydrogen) atoms. The summed E-state index contributed by atoms with van der Waals surface area (Å²) >= 11 is 0. The van der Waals surface area contributed by atoms with Crippen molar-refractivity contribution < 1.29 is 0 Å². The molecule has 3 aliphatic rings. The van der Waals surface area contributed by atoms with Crippen LogP contribution in [0.5, 0.6) is 0 Å². The Morgan fingerprint density at radius 1 is 1.00 bits per heavy atom. The fraction of sp³-hybridized carbons (Fsp3) is 0.583. The van der Waals surface area contributed by atoms with E-state index in [-0.39, 0.29) is 0 Å². The zero-order valence-electron chi connectivity index (χ0n) is 7.42. The van der Waals surface area contributed by atoms with Gasteiger partial charge in [0.15, 0.2) is 0 Å². The molecule has 0 aromatic carbocycles. The first-order valence-electron chi connectivity index (χ1n) is 5.16. The standard InChI is InChI=1S/C12H15/c1-2-11(9-4-5-9)8-12(3-1)10-6-7-10/h1-3,9-10H,4-8H2. The predicted octanol–water partition coefficient (Wildman–Crippen LogP) is 3.27. The summed E-state index contributed by atoms with van der Waals surface area (Å²) in [5, 5.41) is 0. The molecule has 3 rings (SSSR count). The minimum atomic E-state index is 0.976. The number of hydrogen-bond acceptors (Lipinski definition) is 0. The fourth-order valence-electron chi connectivity index (χ4n) is 2.12. The summed E-state index contributed by atoms with van der Waals surface area (Å²) in [5.41, 5.74) is 1.72. The van der Waals surface area contributed by atoms with Crippen LogP contribution in [0.2, 0.25) is 0 Å². The Morgan fingerprint density at radius 2 is 1.75 bits per heavy atom. The smallest absolute Gasteiger partial charge is 0.00471 e. The van der Waals surface area contributed by atoms with Gasteiger partial charge in [-0.1, -0.05) is 23.8 Å². The molecule has 0 bridgehead atoms. The second-order valence-electron chi connectivity index (χ2n) is 4.40. The van der Waals surface area contributed by atoms with Crippen LogP contribution in [-0.4, -0.2) is 0 Å². The Kier molecular flexibility index (Phi) is 1.44. The van der Waals surface area contributed by atoms with Crippen LogP contribution in [0.4, 0.5) is 0 Å². The van der Waals surface area contributed by atoms with Crippen molar-refractivity contribution in [1.82, 2.24) is 0 Å². The van der Waals surface area contributed by atoms with Gasteiger partial charge in [0.2, 0.25) is 0 Å². The molecule has 3 aliphatic carbocycles. The lowest BCUT2D eigenvalue weighted by Crippen LogP contribution is -2.02. The molecule has 0 aromatic rings. The summed E-state index contributed by atoms with van der Waals surface area (Å²) in [6, 6.07) is 0. The van der Waals surface area contributed by atoms with Crippen LogP contribution in [0.1, 0.15) is 32.1 Å². The molecule has 0 heterocycles. The van der Waals surface area contributed by atoms with Gasteiger partial charge in [-0.05, 0) is 43.9 Å². The highest BCUT2D eigenvalue weighted by Gasteiger charge is 2.34. The largest absolute Gasteiger partial charge is 0.0768 e. The normalized spacial score (nSPS) is 30.5. The van der Waals surface area contributed by atoms with Crippen molar-refractivity contribution in [3.8, 4) is 0 Å². The molecule has 0 nitrogen and oxygen atoms in total. The molecule has 2 fully saturated rings. The summed E-state index contributed by atoms with van der Waals surface area (Å²) in [7, 11) is 0. The Balaban J connectivity index is 1.71. The Hall–Kier alpha value is -0.520. The van der Waals surface area contributed by atoms with Crippen LogP contribution in [-0.2, 0) is 0 Å². The average Bonchev–Trinajstić information content (AvgIpc) is 2.98. The third-order valence-corrected chi connectivity index (χ3v) is 3.23. The summed E-state index contributed by atoms with van der Waals surface area (Å²) < 4.78 is 0. The van der Waals surface area contributed by atoms with E-state index < -0.39 is 0 Å². The highest BCUT2D eigenvalue weighted by Crippen LogP contribution is 2.48. The van der Waals surface area contributed by atoms with Crippen LogP contribution < -0.4 is 0 Å². The first kappa shape index (κ1) is 6.94. The van der Waals surface area contributed by atoms with E-state index in [1.807, 2.05) is 0 Å². The van der Waals surface area contributed by atoms with Crippen molar-refractivity contribution in [2.75, 3.05) is 0 Å². The van der Waals surface area contributed by atoms with Crippen molar-refractivity contribution >= 4 is 0 Å². The van der Waals surface area contributed by atoms with Gasteiger partial charge in [0.1, 0.15) is 0 Å². The van der Waals surface area contributed by atoms with E-state index in [0.29, 0.717) is 0 Å². The number of allylic oxidation sites excluding steroid dienone is 4. The van der Waals surface area contributed by atoms with Gasteiger partial charge in [-0.15, -0.1) is 0 Å². The van der Waals surface area contributed by atoms with Crippen molar-refractivity contribution in [2.45, 2.75) is 32.1 Å². The van der Waals surface area contributed by atoms with E-state index in [0.717, 1.165) is 11.8 Å². The van der Waals surface area contributed by atoms with E-state index in [9.17, 15) is 0 Å². The number of rotatable bonds is 2.